The van der Waals surface area contributed by atoms with Crippen molar-refractivity contribution in [3.8, 4) is 0 Å². The van der Waals surface area contributed by atoms with Gasteiger partial charge in [0.25, 0.3) is 0 Å². The molecule has 2 heterocycles. The number of halogens is 1. The largest absolute Gasteiger partial charge is 0.379 e. The molecule has 2 saturated heterocycles. The first kappa shape index (κ1) is 23.9. The second-order valence-electron chi connectivity index (χ2n) is 7.16. The summed E-state index contributed by atoms with van der Waals surface area (Å²) >= 11 is 0. The summed E-state index contributed by atoms with van der Waals surface area (Å²) in [5.74, 6) is 1.77. The third-order valence-electron chi connectivity index (χ3n) is 5.31. The number of guanidine groups is 1. The normalized spacial score (nSPS) is 22.2. The molecule has 0 amide bonds. The highest BCUT2D eigenvalue weighted by Crippen LogP contribution is 2.19. The zero-order valence-corrected chi connectivity index (χ0v) is 19.0. The van der Waals surface area contributed by atoms with Crippen LogP contribution >= 0.6 is 24.0 Å². The van der Waals surface area contributed by atoms with Crippen molar-refractivity contribution in [2.24, 2.45) is 10.9 Å². The van der Waals surface area contributed by atoms with Crippen molar-refractivity contribution >= 4 is 29.9 Å². The van der Waals surface area contributed by atoms with Crippen LogP contribution in [0.15, 0.2) is 4.99 Å². The van der Waals surface area contributed by atoms with Crippen molar-refractivity contribution in [3.63, 3.8) is 0 Å². The SMILES string of the molecule is CCN1CCC(CCNC(=NC)NCCCOCC2CCCO2)CC1.I. The highest BCUT2D eigenvalue weighted by atomic mass is 127. The molecule has 0 aromatic heterocycles. The Balaban J connectivity index is 0.00000338. The van der Waals surface area contributed by atoms with E-state index in [1.807, 2.05) is 7.05 Å². The predicted molar refractivity (Wildman–Crippen MR) is 119 cm³/mol. The molecule has 2 aliphatic rings. The summed E-state index contributed by atoms with van der Waals surface area (Å²) in [7, 11) is 1.84. The number of aliphatic imine (C=N–C) groups is 1. The van der Waals surface area contributed by atoms with Gasteiger partial charge in [0.1, 0.15) is 0 Å². The second-order valence-corrected chi connectivity index (χ2v) is 7.16. The summed E-state index contributed by atoms with van der Waals surface area (Å²) in [6, 6.07) is 0. The molecule has 0 radical (unpaired) electrons. The Bertz CT molecular complexity index is 371. The van der Waals surface area contributed by atoms with Crippen LogP contribution in [0.5, 0.6) is 0 Å². The number of hydrogen-bond donors (Lipinski definition) is 2. The maximum atomic E-state index is 5.68. The number of nitrogens with one attached hydrogen (secondary N) is 2. The van der Waals surface area contributed by atoms with Crippen molar-refractivity contribution in [1.29, 1.82) is 0 Å². The summed E-state index contributed by atoms with van der Waals surface area (Å²) < 4.78 is 11.2. The Hall–Kier alpha value is -0.120. The Labute approximate surface area is 176 Å². The molecule has 0 saturated carbocycles. The van der Waals surface area contributed by atoms with Crippen molar-refractivity contribution < 1.29 is 9.47 Å². The summed E-state index contributed by atoms with van der Waals surface area (Å²) in [4.78, 5) is 6.85. The van der Waals surface area contributed by atoms with Gasteiger partial charge in [-0.3, -0.25) is 4.99 Å². The third-order valence-corrected chi connectivity index (χ3v) is 5.31. The summed E-state index contributed by atoms with van der Waals surface area (Å²) in [6.07, 6.45) is 7.55. The van der Waals surface area contributed by atoms with Crippen molar-refractivity contribution in [1.82, 2.24) is 15.5 Å². The molecule has 2 N–H and O–H groups in total. The highest BCUT2D eigenvalue weighted by molar-refractivity contribution is 14.0. The Kier molecular flexibility index (Phi) is 13.7. The maximum Gasteiger partial charge on any atom is 0.190 e. The first-order chi connectivity index (χ1) is 12.3. The number of nitrogens with zero attached hydrogens (tertiary/aromatic N) is 2. The van der Waals surface area contributed by atoms with E-state index in [9.17, 15) is 0 Å². The van der Waals surface area contributed by atoms with Crippen molar-refractivity contribution in [2.75, 3.05) is 59.6 Å². The van der Waals surface area contributed by atoms with Crippen molar-refractivity contribution in [2.45, 2.75) is 51.6 Å². The third kappa shape index (κ3) is 9.71. The molecule has 0 aromatic carbocycles. The molecule has 2 fully saturated rings. The van der Waals surface area contributed by atoms with Crippen LogP contribution in [-0.2, 0) is 9.47 Å². The van der Waals surface area contributed by atoms with Gasteiger partial charge in [0.05, 0.1) is 12.7 Å². The molecule has 6 nitrogen and oxygen atoms in total. The summed E-state index contributed by atoms with van der Waals surface area (Å²) in [5, 5.41) is 6.81. The summed E-state index contributed by atoms with van der Waals surface area (Å²) in [6.45, 7) is 10.3. The van der Waals surface area contributed by atoms with Crippen LogP contribution in [0, 0.1) is 5.92 Å². The van der Waals surface area contributed by atoms with Crippen LogP contribution in [0.2, 0.25) is 0 Å². The monoisotopic (exact) mass is 482 g/mol. The molecular formula is C19H39IN4O2. The first-order valence-electron chi connectivity index (χ1n) is 10.2. The Morgan fingerprint density at radius 3 is 2.62 bits per heavy atom. The van der Waals surface area contributed by atoms with Gasteiger partial charge < -0.3 is 25.0 Å². The summed E-state index contributed by atoms with van der Waals surface area (Å²) in [5.41, 5.74) is 0. The maximum absolute atomic E-state index is 5.68. The van der Waals surface area contributed by atoms with Gasteiger partial charge in [-0.2, -0.15) is 0 Å². The zero-order chi connectivity index (χ0) is 17.7. The van der Waals surface area contributed by atoms with Gasteiger partial charge in [0, 0.05) is 33.4 Å². The van der Waals surface area contributed by atoms with E-state index in [2.05, 4.69) is 27.4 Å². The molecule has 0 bridgehead atoms. The minimum Gasteiger partial charge on any atom is -0.379 e. The lowest BCUT2D eigenvalue weighted by molar-refractivity contribution is 0.0168. The lowest BCUT2D eigenvalue weighted by atomic mass is 9.93. The fourth-order valence-corrected chi connectivity index (χ4v) is 3.58. The fraction of sp³-hybridized carbons (Fsp3) is 0.947. The van der Waals surface area contributed by atoms with E-state index in [1.165, 1.54) is 45.3 Å². The molecule has 26 heavy (non-hydrogen) atoms. The van der Waals surface area contributed by atoms with Crippen molar-refractivity contribution in [3.05, 3.63) is 0 Å². The van der Waals surface area contributed by atoms with E-state index in [0.29, 0.717) is 6.10 Å². The molecular weight excluding hydrogens is 443 g/mol. The van der Waals surface area contributed by atoms with Crippen LogP contribution < -0.4 is 10.6 Å². The first-order valence-corrected chi connectivity index (χ1v) is 10.2. The molecule has 154 valence electrons. The van der Waals surface area contributed by atoms with Gasteiger partial charge in [-0.05, 0) is 64.1 Å². The second kappa shape index (κ2) is 14.9. The van der Waals surface area contributed by atoms with Crippen LogP contribution in [0.4, 0.5) is 0 Å². The molecule has 0 spiro atoms. The number of rotatable bonds is 10. The van der Waals surface area contributed by atoms with Gasteiger partial charge in [0.2, 0.25) is 0 Å². The lowest BCUT2D eigenvalue weighted by Gasteiger charge is -2.31. The molecule has 1 atom stereocenters. The van der Waals surface area contributed by atoms with Gasteiger partial charge in [0.15, 0.2) is 5.96 Å². The molecule has 0 aromatic rings. The van der Waals surface area contributed by atoms with Gasteiger partial charge in [-0.25, -0.2) is 0 Å². The predicted octanol–water partition coefficient (Wildman–Crippen LogP) is 2.48. The number of ether oxygens (including phenoxy) is 2. The van der Waals surface area contributed by atoms with E-state index in [0.717, 1.165) is 57.6 Å². The van der Waals surface area contributed by atoms with E-state index in [-0.39, 0.29) is 24.0 Å². The Morgan fingerprint density at radius 1 is 1.19 bits per heavy atom. The molecule has 2 aliphatic heterocycles. The molecule has 0 aliphatic carbocycles. The number of hydrogen-bond acceptors (Lipinski definition) is 4. The minimum absolute atomic E-state index is 0. The van der Waals surface area contributed by atoms with Gasteiger partial charge in [-0.1, -0.05) is 6.92 Å². The average molecular weight is 482 g/mol. The standard InChI is InChI=1S/C19H38N4O2.HI/c1-3-23-12-8-17(9-13-23)7-11-22-19(20-2)21-10-5-14-24-16-18-6-4-15-25-18;/h17-18H,3-16H2,1-2H3,(H2,20,21,22);1H. The molecule has 2 rings (SSSR count). The topological polar surface area (TPSA) is 58.1 Å². The quantitative estimate of drug-likeness (QED) is 0.217. The van der Waals surface area contributed by atoms with Crippen LogP contribution in [-0.4, -0.2) is 76.6 Å². The van der Waals surface area contributed by atoms with E-state index in [1.54, 1.807) is 0 Å². The lowest BCUT2D eigenvalue weighted by Crippen LogP contribution is -2.40. The van der Waals surface area contributed by atoms with Crippen LogP contribution in [0.1, 0.15) is 45.4 Å². The molecule has 1 unspecified atom stereocenters. The van der Waals surface area contributed by atoms with E-state index < -0.39 is 0 Å². The number of likely N-dealkylation sites (tertiary alicyclic amines) is 1. The number of piperidine rings is 1. The molecule has 7 heteroatoms. The van der Waals surface area contributed by atoms with E-state index >= 15 is 0 Å². The zero-order valence-electron chi connectivity index (χ0n) is 16.7. The van der Waals surface area contributed by atoms with Crippen LogP contribution in [0.25, 0.3) is 0 Å². The average Bonchev–Trinajstić information content (AvgIpc) is 3.17. The highest BCUT2D eigenvalue weighted by Gasteiger charge is 2.17. The van der Waals surface area contributed by atoms with Crippen LogP contribution in [0.3, 0.4) is 0 Å². The minimum atomic E-state index is 0. The Morgan fingerprint density at radius 2 is 1.96 bits per heavy atom. The fourth-order valence-electron chi connectivity index (χ4n) is 3.58. The smallest absolute Gasteiger partial charge is 0.190 e. The van der Waals surface area contributed by atoms with Gasteiger partial charge in [-0.15, -0.1) is 24.0 Å². The van der Waals surface area contributed by atoms with Gasteiger partial charge >= 0.3 is 0 Å². The van der Waals surface area contributed by atoms with E-state index in [4.69, 9.17) is 9.47 Å².